The van der Waals surface area contributed by atoms with Gasteiger partial charge in [0, 0.05) is 19.8 Å². The number of rotatable bonds is 6. The number of likely N-dealkylation sites (N-methyl/N-ethyl adjacent to an activating group) is 1. The van der Waals surface area contributed by atoms with Crippen molar-refractivity contribution in [2.45, 2.75) is 25.3 Å². The Kier molecular flexibility index (Phi) is 5.59. The Morgan fingerprint density at radius 2 is 1.83 bits per heavy atom. The summed E-state index contributed by atoms with van der Waals surface area (Å²) in [4.78, 5) is 21.6. The highest BCUT2D eigenvalue weighted by Gasteiger charge is 2.27. The van der Waals surface area contributed by atoms with Crippen LogP contribution < -0.4 is 0 Å². The minimum absolute atomic E-state index is 0.113. The lowest BCUT2D eigenvalue weighted by molar-refractivity contribution is -0.132. The maximum atomic E-state index is 13.1. The molecule has 1 aromatic carbocycles. The zero-order chi connectivity index (χ0) is 16.8. The monoisotopic (exact) mass is 323 g/mol. The van der Waals surface area contributed by atoms with Crippen molar-refractivity contribution in [3.05, 3.63) is 66.0 Å². The number of hydrogen-bond donors (Lipinski definition) is 0. The summed E-state index contributed by atoms with van der Waals surface area (Å²) in [6, 6.07) is 16.0. The van der Waals surface area contributed by atoms with Crippen LogP contribution in [0.5, 0.6) is 0 Å². The van der Waals surface area contributed by atoms with Crippen molar-refractivity contribution in [1.82, 2.24) is 14.8 Å². The first-order valence-electron chi connectivity index (χ1n) is 8.66. The molecule has 126 valence electrons. The van der Waals surface area contributed by atoms with E-state index in [1.165, 1.54) is 12.8 Å². The van der Waals surface area contributed by atoms with Gasteiger partial charge in [-0.2, -0.15) is 0 Å². The van der Waals surface area contributed by atoms with Crippen LogP contribution in [0.3, 0.4) is 0 Å². The number of carbonyl (C=O) groups is 1. The van der Waals surface area contributed by atoms with E-state index in [2.05, 4.69) is 22.0 Å². The van der Waals surface area contributed by atoms with Gasteiger partial charge in [0.05, 0.1) is 18.2 Å². The van der Waals surface area contributed by atoms with Gasteiger partial charge in [0.15, 0.2) is 0 Å². The molecule has 0 bridgehead atoms. The minimum Gasteiger partial charge on any atom is -0.339 e. The van der Waals surface area contributed by atoms with Gasteiger partial charge in [0.2, 0.25) is 5.91 Å². The van der Waals surface area contributed by atoms with Crippen LogP contribution in [0, 0.1) is 0 Å². The van der Waals surface area contributed by atoms with Crippen LogP contribution in [0.4, 0.5) is 0 Å². The molecule has 0 radical (unpaired) electrons. The molecule has 1 aromatic heterocycles. The van der Waals surface area contributed by atoms with Gasteiger partial charge in [0.25, 0.3) is 0 Å². The second-order valence-electron chi connectivity index (χ2n) is 6.49. The van der Waals surface area contributed by atoms with E-state index in [9.17, 15) is 4.79 Å². The van der Waals surface area contributed by atoms with Crippen molar-refractivity contribution >= 4 is 5.91 Å². The van der Waals surface area contributed by atoms with Crippen molar-refractivity contribution in [1.29, 1.82) is 0 Å². The van der Waals surface area contributed by atoms with Crippen LogP contribution in [-0.4, -0.2) is 47.4 Å². The molecule has 0 saturated carbocycles. The summed E-state index contributed by atoms with van der Waals surface area (Å²) in [5.74, 6) is 0.0526. The molecule has 1 atom stereocenters. The molecular formula is C20H25N3O. The summed E-state index contributed by atoms with van der Waals surface area (Å²) < 4.78 is 0. The van der Waals surface area contributed by atoms with Crippen molar-refractivity contribution in [2.24, 2.45) is 0 Å². The summed E-state index contributed by atoms with van der Waals surface area (Å²) in [5.41, 5.74) is 2.02. The summed E-state index contributed by atoms with van der Waals surface area (Å²) in [6.45, 7) is 3.54. The van der Waals surface area contributed by atoms with Gasteiger partial charge >= 0.3 is 0 Å². The maximum Gasteiger partial charge on any atom is 0.231 e. The molecule has 3 rings (SSSR count). The van der Waals surface area contributed by atoms with Gasteiger partial charge in [0.1, 0.15) is 0 Å². The number of amides is 1. The lowest BCUT2D eigenvalue weighted by Gasteiger charge is -2.27. The molecule has 4 nitrogen and oxygen atoms in total. The van der Waals surface area contributed by atoms with Gasteiger partial charge in [-0.15, -0.1) is 0 Å². The van der Waals surface area contributed by atoms with Crippen LogP contribution in [-0.2, 0) is 11.3 Å². The first kappa shape index (κ1) is 16.7. The fraction of sp³-hybridized carbons (Fsp3) is 0.400. The Labute approximate surface area is 144 Å². The standard InChI is InChI=1S/C20H25N3O/c1-22(15-18-11-5-6-12-21-18)20(24)19(16-23-13-7-8-14-23)17-9-3-2-4-10-17/h2-6,9-12,19H,7-8,13-16H2,1H3/t19-/m1/s1. The van der Waals surface area contributed by atoms with Gasteiger partial charge in [-0.05, 0) is 43.6 Å². The highest BCUT2D eigenvalue weighted by molar-refractivity contribution is 5.83. The number of nitrogens with zero attached hydrogens (tertiary/aromatic N) is 3. The van der Waals surface area contributed by atoms with E-state index >= 15 is 0 Å². The Morgan fingerprint density at radius 1 is 1.12 bits per heavy atom. The second-order valence-corrected chi connectivity index (χ2v) is 6.49. The second kappa shape index (κ2) is 8.06. The van der Waals surface area contributed by atoms with Crippen molar-refractivity contribution < 1.29 is 4.79 Å². The average Bonchev–Trinajstić information content (AvgIpc) is 3.14. The Bertz CT molecular complexity index is 638. The van der Waals surface area contributed by atoms with Crippen molar-refractivity contribution in [3.8, 4) is 0 Å². The maximum absolute atomic E-state index is 13.1. The lowest BCUT2D eigenvalue weighted by Crippen LogP contribution is -2.37. The molecule has 0 unspecified atom stereocenters. The minimum atomic E-state index is -0.113. The Morgan fingerprint density at radius 3 is 2.50 bits per heavy atom. The molecule has 4 heteroatoms. The molecular weight excluding hydrogens is 298 g/mol. The fourth-order valence-corrected chi connectivity index (χ4v) is 3.31. The zero-order valence-corrected chi connectivity index (χ0v) is 14.3. The average molecular weight is 323 g/mol. The van der Waals surface area contributed by atoms with E-state index < -0.39 is 0 Å². The lowest BCUT2D eigenvalue weighted by atomic mass is 9.97. The van der Waals surface area contributed by atoms with Crippen LogP contribution in [0.2, 0.25) is 0 Å². The number of hydrogen-bond acceptors (Lipinski definition) is 3. The molecule has 0 aliphatic carbocycles. The van der Waals surface area contributed by atoms with E-state index in [4.69, 9.17) is 0 Å². The number of carbonyl (C=O) groups excluding carboxylic acids is 1. The Hall–Kier alpha value is -2.20. The highest BCUT2D eigenvalue weighted by atomic mass is 16.2. The molecule has 1 aliphatic rings. The van der Waals surface area contributed by atoms with Gasteiger partial charge in [-0.1, -0.05) is 36.4 Å². The summed E-state index contributed by atoms with van der Waals surface area (Å²) in [6.07, 6.45) is 4.24. The van der Waals surface area contributed by atoms with Crippen LogP contribution in [0.1, 0.15) is 30.0 Å². The third kappa shape index (κ3) is 4.20. The molecule has 2 heterocycles. The molecule has 0 spiro atoms. The Balaban J connectivity index is 1.74. The topological polar surface area (TPSA) is 36.4 Å². The number of likely N-dealkylation sites (tertiary alicyclic amines) is 1. The molecule has 0 N–H and O–H groups in total. The van der Waals surface area contributed by atoms with Gasteiger partial charge in [-0.25, -0.2) is 0 Å². The number of pyridine rings is 1. The van der Waals surface area contributed by atoms with E-state index in [0.29, 0.717) is 6.54 Å². The number of aromatic nitrogens is 1. The van der Waals surface area contributed by atoms with E-state index in [0.717, 1.165) is 30.9 Å². The SMILES string of the molecule is CN(Cc1ccccn1)C(=O)[C@H](CN1CCCC1)c1ccccc1. The van der Waals surface area contributed by atoms with Crippen LogP contribution >= 0.6 is 0 Å². The molecule has 1 saturated heterocycles. The van der Waals surface area contributed by atoms with Crippen molar-refractivity contribution in [2.75, 3.05) is 26.7 Å². The summed E-state index contributed by atoms with van der Waals surface area (Å²) in [7, 11) is 1.87. The molecule has 1 amide bonds. The predicted molar refractivity (Wildman–Crippen MR) is 95.6 cm³/mol. The summed E-state index contributed by atoms with van der Waals surface area (Å²) >= 11 is 0. The quantitative estimate of drug-likeness (QED) is 0.820. The zero-order valence-electron chi connectivity index (χ0n) is 14.3. The highest BCUT2D eigenvalue weighted by Crippen LogP contribution is 2.22. The predicted octanol–water partition coefficient (Wildman–Crippen LogP) is 2.92. The van der Waals surface area contributed by atoms with Gasteiger partial charge in [-0.3, -0.25) is 9.78 Å². The van der Waals surface area contributed by atoms with Crippen molar-refractivity contribution in [3.63, 3.8) is 0 Å². The molecule has 2 aromatic rings. The summed E-state index contributed by atoms with van der Waals surface area (Å²) in [5, 5.41) is 0. The van der Waals surface area contributed by atoms with E-state index in [1.54, 1.807) is 11.1 Å². The van der Waals surface area contributed by atoms with Crippen LogP contribution in [0.15, 0.2) is 54.7 Å². The van der Waals surface area contributed by atoms with E-state index in [1.807, 2.05) is 43.4 Å². The molecule has 1 aliphatic heterocycles. The van der Waals surface area contributed by atoms with Gasteiger partial charge < -0.3 is 9.80 Å². The molecule has 1 fully saturated rings. The third-order valence-electron chi connectivity index (χ3n) is 4.64. The smallest absolute Gasteiger partial charge is 0.231 e. The first-order valence-corrected chi connectivity index (χ1v) is 8.66. The first-order chi connectivity index (χ1) is 11.7. The van der Waals surface area contributed by atoms with Crippen LogP contribution in [0.25, 0.3) is 0 Å². The van der Waals surface area contributed by atoms with E-state index in [-0.39, 0.29) is 11.8 Å². The third-order valence-corrected chi connectivity index (χ3v) is 4.64. The fourth-order valence-electron chi connectivity index (χ4n) is 3.31. The molecule has 24 heavy (non-hydrogen) atoms. The largest absolute Gasteiger partial charge is 0.339 e. The normalized spacial score (nSPS) is 16.0. The number of benzene rings is 1.